The average Bonchev–Trinajstić information content (AvgIpc) is 2.72. The predicted octanol–water partition coefficient (Wildman–Crippen LogP) is 3.84. The molecule has 0 aromatic heterocycles. The number of ether oxygens (including phenoxy) is 2. The van der Waals surface area contributed by atoms with Gasteiger partial charge in [0.15, 0.2) is 0 Å². The van der Waals surface area contributed by atoms with Crippen LogP contribution in [0.5, 0.6) is 5.75 Å². The van der Waals surface area contributed by atoms with Crippen molar-refractivity contribution >= 4 is 16.7 Å². The van der Waals surface area contributed by atoms with Crippen LogP contribution in [0.4, 0.5) is 0 Å². The van der Waals surface area contributed by atoms with Gasteiger partial charge in [-0.25, -0.2) is 4.79 Å². The van der Waals surface area contributed by atoms with Gasteiger partial charge in [0.2, 0.25) is 5.88 Å². The molecule has 0 unspecified atom stereocenters. The van der Waals surface area contributed by atoms with Gasteiger partial charge in [-0.2, -0.15) is 5.26 Å². The molecule has 2 N–H and O–H groups in total. The summed E-state index contributed by atoms with van der Waals surface area (Å²) >= 11 is 0. The molecule has 1 aliphatic heterocycles. The average molecular weight is 356 g/mol. The third-order valence-corrected chi connectivity index (χ3v) is 4.77. The Morgan fingerprint density at radius 2 is 1.85 bits per heavy atom. The lowest BCUT2D eigenvalue weighted by Crippen LogP contribution is -2.21. The Morgan fingerprint density at radius 3 is 2.56 bits per heavy atom. The molecule has 5 heteroatoms. The molecule has 3 aromatic carbocycles. The Kier molecular flexibility index (Phi) is 4.02. The van der Waals surface area contributed by atoms with E-state index in [1.165, 1.54) is 7.11 Å². The highest BCUT2D eigenvalue weighted by Gasteiger charge is 2.31. The summed E-state index contributed by atoms with van der Waals surface area (Å²) in [5, 5.41) is 11.6. The number of hydrogen-bond acceptors (Lipinski definition) is 5. The summed E-state index contributed by atoms with van der Waals surface area (Å²) in [6.45, 7) is 0. The first-order valence-corrected chi connectivity index (χ1v) is 8.41. The van der Waals surface area contributed by atoms with E-state index >= 15 is 0 Å². The summed E-state index contributed by atoms with van der Waals surface area (Å²) in [5.74, 6) is -0.0134. The molecule has 0 radical (unpaired) electrons. The number of nitriles is 1. The minimum atomic E-state index is -0.407. The van der Waals surface area contributed by atoms with Crippen LogP contribution in [0.15, 0.2) is 72.1 Å². The van der Waals surface area contributed by atoms with Crippen LogP contribution in [0.3, 0.4) is 0 Å². The number of hydrogen-bond donors (Lipinski definition) is 1. The van der Waals surface area contributed by atoms with E-state index in [4.69, 9.17) is 15.2 Å². The Labute approximate surface area is 156 Å². The fourth-order valence-corrected chi connectivity index (χ4v) is 3.46. The van der Waals surface area contributed by atoms with Gasteiger partial charge in [0.25, 0.3) is 0 Å². The molecule has 0 saturated carbocycles. The number of benzene rings is 3. The van der Waals surface area contributed by atoms with Crippen molar-refractivity contribution in [2.75, 3.05) is 7.11 Å². The van der Waals surface area contributed by atoms with E-state index in [-0.39, 0.29) is 11.8 Å². The van der Waals surface area contributed by atoms with E-state index in [1.807, 2.05) is 48.5 Å². The number of esters is 1. The standard InChI is InChI=1S/C22H16N2O3/c1-26-22(25)15-8-6-14(7-9-15)19-17-11-10-13-4-2-3-5-16(13)20(17)27-21(24)18(19)12-23/h2-11,19H,24H2,1H3/t19-/m1/s1. The van der Waals surface area contributed by atoms with Crippen molar-refractivity contribution in [3.8, 4) is 11.8 Å². The molecule has 0 saturated heterocycles. The Balaban J connectivity index is 1.90. The summed E-state index contributed by atoms with van der Waals surface area (Å²) < 4.78 is 10.6. The van der Waals surface area contributed by atoms with Crippen LogP contribution >= 0.6 is 0 Å². The fraction of sp³-hybridized carbons (Fsp3) is 0.0909. The summed E-state index contributed by atoms with van der Waals surface area (Å²) in [6, 6.07) is 21.0. The lowest BCUT2D eigenvalue weighted by Gasteiger charge is -2.27. The minimum absolute atomic E-state index is 0.100. The quantitative estimate of drug-likeness (QED) is 0.705. The number of rotatable bonds is 2. The second-order valence-corrected chi connectivity index (χ2v) is 6.24. The maximum absolute atomic E-state index is 11.7. The molecule has 0 aliphatic carbocycles. The van der Waals surface area contributed by atoms with E-state index in [0.29, 0.717) is 16.9 Å². The van der Waals surface area contributed by atoms with Crippen LogP contribution in [-0.2, 0) is 4.74 Å². The molecule has 132 valence electrons. The SMILES string of the molecule is COC(=O)c1ccc([C@H]2C(C#N)=C(N)Oc3c2ccc2ccccc32)cc1. The maximum Gasteiger partial charge on any atom is 0.337 e. The third kappa shape index (κ3) is 2.68. The first kappa shape index (κ1) is 16.7. The number of carbonyl (C=O) groups excluding carboxylic acids is 1. The number of allylic oxidation sites excluding steroid dienone is 1. The largest absolute Gasteiger partial charge is 0.465 e. The highest BCUT2D eigenvalue weighted by molar-refractivity contribution is 5.91. The highest BCUT2D eigenvalue weighted by Crippen LogP contribution is 2.45. The van der Waals surface area contributed by atoms with Crippen LogP contribution in [0.1, 0.15) is 27.4 Å². The van der Waals surface area contributed by atoms with Crippen molar-refractivity contribution in [2.24, 2.45) is 5.73 Å². The van der Waals surface area contributed by atoms with E-state index in [1.54, 1.807) is 12.1 Å². The van der Waals surface area contributed by atoms with Gasteiger partial charge in [-0.15, -0.1) is 0 Å². The van der Waals surface area contributed by atoms with Crippen LogP contribution in [0, 0.1) is 11.3 Å². The zero-order valence-electron chi connectivity index (χ0n) is 14.6. The maximum atomic E-state index is 11.7. The second-order valence-electron chi connectivity index (χ2n) is 6.24. The summed E-state index contributed by atoms with van der Waals surface area (Å²) in [7, 11) is 1.34. The molecule has 0 amide bonds. The molecular formula is C22H16N2O3. The van der Waals surface area contributed by atoms with Gasteiger partial charge in [0.1, 0.15) is 17.4 Å². The lowest BCUT2D eigenvalue weighted by atomic mass is 9.82. The van der Waals surface area contributed by atoms with Gasteiger partial charge in [0.05, 0.1) is 18.6 Å². The van der Waals surface area contributed by atoms with E-state index < -0.39 is 5.97 Å². The van der Waals surface area contributed by atoms with E-state index in [2.05, 4.69) is 6.07 Å². The fourth-order valence-electron chi connectivity index (χ4n) is 3.46. The van der Waals surface area contributed by atoms with Crippen molar-refractivity contribution in [3.05, 3.63) is 88.8 Å². The molecule has 0 spiro atoms. The van der Waals surface area contributed by atoms with Crippen LogP contribution < -0.4 is 10.5 Å². The van der Waals surface area contributed by atoms with Crippen molar-refractivity contribution in [2.45, 2.75) is 5.92 Å². The highest BCUT2D eigenvalue weighted by atomic mass is 16.5. The smallest absolute Gasteiger partial charge is 0.337 e. The van der Waals surface area contributed by atoms with E-state index in [0.717, 1.165) is 21.9 Å². The number of carbonyl (C=O) groups is 1. The third-order valence-electron chi connectivity index (χ3n) is 4.77. The lowest BCUT2D eigenvalue weighted by molar-refractivity contribution is 0.0600. The topological polar surface area (TPSA) is 85.3 Å². The van der Waals surface area contributed by atoms with Gasteiger partial charge >= 0.3 is 5.97 Å². The summed E-state index contributed by atoms with van der Waals surface area (Å²) in [5.41, 5.74) is 8.60. The molecule has 1 aliphatic rings. The van der Waals surface area contributed by atoms with Crippen LogP contribution in [-0.4, -0.2) is 13.1 Å². The Hall–Kier alpha value is -3.78. The molecule has 1 atom stereocenters. The number of methoxy groups -OCH3 is 1. The molecule has 0 fully saturated rings. The number of fused-ring (bicyclic) bond motifs is 3. The first-order chi connectivity index (χ1) is 13.1. The summed E-state index contributed by atoms with van der Waals surface area (Å²) in [4.78, 5) is 11.7. The molecule has 5 nitrogen and oxygen atoms in total. The van der Waals surface area contributed by atoms with Gasteiger partial charge in [0, 0.05) is 10.9 Å². The van der Waals surface area contributed by atoms with Crippen LogP contribution in [0.25, 0.3) is 10.8 Å². The Morgan fingerprint density at radius 1 is 1.11 bits per heavy atom. The predicted molar refractivity (Wildman–Crippen MR) is 101 cm³/mol. The molecule has 3 aromatic rings. The monoisotopic (exact) mass is 356 g/mol. The molecular weight excluding hydrogens is 340 g/mol. The van der Waals surface area contributed by atoms with Crippen molar-refractivity contribution in [3.63, 3.8) is 0 Å². The number of nitrogens with two attached hydrogens (primary N) is 1. The zero-order chi connectivity index (χ0) is 19.0. The number of nitrogens with zero attached hydrogens (tertiary/aromatic N) is 1. The van der Waals surface area contributed by atoms with Gasteiger partial charge < -0.3 is 15.2 Å². The summed E-state index contributed by atoms with van der Waals surface area (Å²) in [6.07, 6.45) is 0. The van der Waals surface area contributed by atoms with Crippen molar-refractivity contribution in [1.82, 2.24) is 0 Å². The van der Waals surface area contributed by atoms with Gasteiger partial charge in [-0.05, 0) is 23.1 Å². The molecule has 27 heavy (non-hydrogen) atoms. The molecule has 4 rings (SSSR count). The van der Waals surface area contributed by atoms with Crippen molar-refractivity contribution in [1.29, 1.82) is 5.26 Å². The normalized spacial score (nSPS) is 15.6. The zero-order valence-corrected chi connectivity index (χ0v) is 14.6. The van der Waals surface area contributed by atoms with Gasteiger partial charge in [-0.3, -0.25) is 0 Å². The van der Waals surface area contributed by atoms with E-state index in [9.17, 15) is 10.1 Å². The molecule has 0 bridgehead atoms. The van der Waals surface area contributed by atoms with Crippen LogP contribution in [0.2, 0.25) is 0 Å². The molecule has 1 heterocycles. The van der Waals surface area contributed by atoms with Gasteiger partial charge in [-0.1, -0.05) is 48.5 Å². The minimum Gasteiger partial charge on any atom is -0.465 e. The first-order valence-electron chi connectivity index (χ1n) is 8.41. The second kappa shape index (κ2) is 6.50. The van der Waals surface area contributed by atoms with Crippen molar-refractivity contribution < 1.29 is 14.3 Å². The Bertz CT molecular complexity index is 1120.